The molecule has 3 heterocycles. The van der Waals surface area contributed by atoms with Crippen molar-refractivity contribution >= 4 is 22.8 Å². The Hall–Kier alpha value is -3.72. The summed E-state index contributed by atoms with van der Waals surface area (Å²) in [4.78, 5) is 30.3. The lowest BCUT2D eigenvalue weighted by atomic mass is 10.1. The van der Waals surface area contributed by atoms with E-state index < -0.39 is 5.91 Å². The number of anilines is 1. The first-order chi connectivity index (χ1) is 15.0. The molecule has 0 aliphatic carbocycles. The van der Waals surface area contributed by atoms with Gasteiger partial charge in [0, 0.05) is 13.2 Å². The van der Waals surface area contributed by atoms with Gasteiger partial charge in [0.1, 0.15) is 23.3 Å². The van der Waals surface area contributed by atoms with Crippen molar-refractivity contribution in [2.75, 3.05) is 19.0 Å². The second-order valence-electron chi connectivity index (χ2n) is 7.15. The van der Waals surface area contributed by atoms with Gasteiger partial charge in [-0.25, -0.2) is 9.67 Å². The number of fused-ring (bicyclic) bond motifs is 1. The van der Waals surface area contributed by atoms with Crippen molar-refractivity contribution in [2.24, 2.45) is 0 Å². The van der Waals surface area contributed by atoms with E-state index in [-0.39, 0.29) is 28.3 Å². The first-order valence-electron chi connectivity index (χ1n) is 9.88. The van der Waals surface area contributed by atoms with Crippen LogP contribution in [0.15, 0.2) is 58.1 Å². The average Bonchev–Trinajstić information content (AvgIpc) is 3.37. The van der Waals surface area contributed by atoms with Crippen LogP contribution in [0.4, 0.5) is 5.82 Å². The molecule has 1 unspecified atom stereocenters. The molecule has 0 spiro atoms. The van der Waals surface area contributed by atoms with Gasteiger partial charge in [-0.3, -0.25) is 14.2 Å². The van der Waals surface area contributed by atoms with Crippen LogP contribution in [0.1, 0.15) is 34.6 Å². The molecule has 4 aromatic rings. The maximum atomic E-state index is 13.2. The summed E-state index contributed by atoms with van der Waals surface area (Å²) in [6.45, 7) is 4.31. The van der Waals surface area contributed by atoms with Crippen LogP contribution in [-0.4, -0.2) is 39.0 Å². The smallest absolute Gasteiger partial charge is 0.265 e. The van der Waals surface area contributed by atoms with E-state index in [1.54, 1.807) is 31.0 Å². The second-order valence-corrected chi connectivity index (χ2v) is 7.15. The molecule has 0 saturated carbocycles. The van der Waals surface area contributed by atoms with Crippen LogP contribution in [0.3, 0.4) is 0 Å². The zero-order valence-electron chi connectivity index (χ0n) is 17.5. The standard InChI is InChI=1S/C22H23N5O4/c1-14(16-7-5-4-6-8-16)27-17(9-10-24-27)25-20(28)18-15(2)31-21-19(18)22(29)26(13-23-21)11-12-30-3/h4-10,13-14H,11-12H2,1-3H3,(H,25,28). The number of amides is 1. The third kappa shape index (κ3) is 3.87. The summed E-state index contributed by atoms with van der Waals surface area (Å²) in [6, 6.07) is 11.5. The fourth-order valence-corrected chi connectivity index (χ4v) is 3.53. The predicted octanol–water partition coefficient (Wildman–Crippen LogP) is 3.00. The quantitative estimate of drug-likeness (QED) is 0.492. The van der Waals surface area contributed by atoms with E-state index in [2.05, 4.69) is 15.4 Å². The van der Waals surface area contributed by atoms with Gasteiger partial charge in [0.25, 0.3) is 11.5 Å². The monoisotopic (exact) mass is 421 g/mol. The fraction of sp³-hybridized carbons (Fsp3) is 0.273. The van der Waals surface area contributed by atoms with Crippen LogP contribution < -0.4 is 10.9 Å². The summed E-state index contributed by atoms with van der Waals surface area (Å²) >= 11 is 0. The Balaban J connectivity index is 1.68. The van der Waals surface area contributed by atoms with Crippen molar-refractivity contribution in [2.45, 2.75) is 26.4 Å². The van der Waals surface area contributed by atoms with E-state index in [0.717, 1.165) is 5.56 Å². The molecule has 1 amide bonds. The number of ether oxygens (including phenoxy) is 1. The highest BCUT2D eigenvalue weighted by Crippen LogP contribution is 2.25. The molecule has 0 aliphatic rings. The van der Waals surface area contributed by atoms with Gasteiger partial charge in [-0.05, 0) is 19.4 Å². The molecule has 9 heteroatoms. The minimum Gasteiger partial charge on any atom is -0.442 e. The topological polar surface area (TPSA) is 104 Å². The Morgan fingerprint density at radius 2 is 2.03 bits per heavy atom. The number of carbonyl (C=O) groups is 1. The molecule has 160 valence electrons. The average molecular weight is 421 g/mol. The molecule has 31 heavy (non-hydrogen) atoms. The first-order valence-corrected chi connectivity index (χ1v) is 9.88. The lowest BCUT2D eigenvalue weighted by Crippen LogP contribution is -2.25. The summed E-state index contributed by atoms with van der Waals surface area (Å²) in [7, 11) is 1.55. The number of benzene rings is 1. The number of methoxy groups -OCH3 is 1. The summed E-state index contributed by atoms with van der Waals surface area (Å²) < 4.78 is 13.7. The first kappa shape index (κ1) is 20.5. The van der Waals surface area contributed by atoms with Gasteiger partial charge >= 0.3 is 0 Å². The second kappa shape index (κ2) is 8.57. The highest BCUT2D eigenvalue weighted by molar-refractivity contribution is 6.12. The lowest BCUT2D eigenvalue weighted by Gasteiger charge is -2.16. The molecule has 0 saturated heterocycles. The SMILES string of the molecule is COCCn1cnc2oc(C)c(C(=O)Nc3ccnn3C(C)c3ccccc3)c2c1=O. The molecule has 0 bridgehead atoms. The Kier molecular flexibility index (Phi) is 5.68. The van der Waals surface area contributed by atoms with Crippen LogP contribution in [-0.2, 0) is 11.3 Å². The molecule has 4 rings (SSSR count). The van der Waals surface area contributed by atoms with E-state index in [4.69, 9.17) is 9.15 Å². The van der Waals surface area contributed by atoms with Gasteiger partial charge < -0.3 is 14.5 Å². The number of aryl methyl sites for hydroxylation is 1. The predicted molar refractivity (Wildman–Crippen MR) is 115 cm³/mol. The summed E-state index contributed by atoms with van der Waals surface area (Å²) in [5.74, 6) is 0.379. The van der Waals surface area contributed by atoms with Crippen LogP contribution in [0.25, 0.3) is 11.1 Å². The fourth-order valence-electron chi connectivity index (χ4n) is 3.53. The van der Waals surface area contributed by atoms with E-state index in [1.165, 1.54) is 10.9 Å². The summed E-state index contributed by atoms with van der Waals surface area (Å²) in [5.41, 5.74) is 0.999. The maximum Gasteiger partial charge on any atom is 0.265 e. The van der Waals surface area contributed by atoms with Crippen molar-refractivity contribution in [1.82, 2.24) is 19.3 Å². The Morgan fingerprint density at radius 3 is 2.77 bits per heavy atom. The van der Waals surface area contributed by atoms with Crippen molar-refractivity contribution in [1.29, 1.82) is 0 Å². The van der Waals surface area contributed by atoms with Crippen LogP contribution >= 0.6 is 0 Å². The van der Waals surface area contributed by atoms with Crippen LogP contribution in [0, 0.1) is 6.92 Å². The summed E-state index contributed by atoms with van der Waals surface area (Å²) in [6.07, 6.45) is 3.01. The van der Waals surface area contributed by atoms with Gasteiger partial charge in [0.05, 0.1) is 31.0 Å². The number of aromatic nitrogens is 4. The normalized spacial score (nSPS) is 12.2. The third-order valence-electron chi connectivity index (χ3n) is 5.18. The molecule has 1 aromatic carbocycles. The van der Waals surface area contributed by atoms with E-state index in [9.17, 15) is 9.59 Å². The number of furan rings is 1. The molecule has 1 N–H and O–H groups in total. The molecule has 0 aliphatic heterocycles. The largest absolute Gasteiger partial charge is 0.442 e. The highest BCUT2D eigenvalue weighted by Gasteiger charge is 2.24. The number of carbonyl (C=O) groups excluding carboxylic acids is 1. The number of hydrogen-bond donors (Lipinski definition) is 1. The van der Waals surface area contributed by atoms with Crippen molar-refractivity contribution in [3.05, 3.63) is 76.2 Å². The Labute approximate surface area is 178 Å². The van der Waals surface area contributed by atoms with Gasteiger partial charge in [-0.15, -0.1) is 0 Å². The van der Waals surface area contributed by atoms with Gasteiger partial charge in [0.2, 0.25) is 5.71 Å². The molecule has 0 fully saturated rings. The van der Waals surface area contributed by atoms with Crippen LogP contribution in [0.2, 0.25) is 0 Å². The number of hydrogen-bond acceptors (Lipinski definition) is 6. The minimum atomic E-state index is -0.457. The molecule has 9 nitrogen and oxygen atoms in total. The Bertz CT molecular complexity index is 1270. The van der Waals surface area contributed by atoms with Gasteiger partial charge in [0.15, 0.2) is 0 Å². The summed E-state index contributed by atoms with van der Waals surface area (Å²) in [5, 5.41) is 7.38. The molecular weight excluding hydrogens is 398 g/mol. The zero-order valence-corrected chi connectivity index (χ0v) is 17.5. The molecule has 1 atom stereocenters. The van der Waals surface area contributed by atoms with Crippen LogP contribution in [0.5, 0.6) is 0 Å². The number of nitrogens with zero attached hydrogens (tertiary/aromatic N) is 4. The molecule has 3 aromatic heterocycles. The van der Waals surface area contributed by atoms with E-state index in [0.29, 0.717) is 24.7 Å². The van der Waals surface area contributed by atoms with Gasteiger partial charge in [-0.1, -0.05) is 30.3 Å². The van der Waals surface area contributed by atoms with Gasteiger partial charge in [-0.2, -0.15) is 5.10 Å². The van der Waals surface area contributed by atoms with E-state index in [1.807, 2.05) is 37.3 Å². The molecular formula is C22H23N5O4. The van der Waals surface area contributed by atoms with Crippen molar-refractivity contribution in [3.8, 4) is 0 Å². The number of rotatable bonds is 7. The number of nitrogens with one attached hydrogen (secondary N) is 1. The maximum absolute atomic E-state index is 13.2. The molecule has 0 radical (unpaired) electrons. The minimum absolute atomic E-state index is 0.0957. The zero-order chi connectivity index (χ0) is 22.0. The third-order valence-corrected chi connectivity index (χ3v) is 5.18. The highest BCUT2D eigenvalue weighted by atomic mass is 16.5. The van der Waals surface area contributed by atoms with Crippen molar-refractivity contribution in [3.63, 3.8) is 0 Å². The van der Waals surface area contributed by atoms with Crippen molar-refractivity contribution < 1.29 is 13.9 Å². The van der Waals surface area contributed by atoms with E-state index >= 15 is 0 Å². The lowest BCUT2D eigenvalue weighted by molar-refractivity contribution is 0.102. The Morgan fingerprint density at radius 1 is 1.26 bits per heavy atom.